The number of aromatic nitrogens is 7. The van der Waals surface area contributed by atoms with E-state index in [0.717, 1.165) is 99.1 Å². The zero-order valence-corrected chi connectivity index (χ0v) is 37.1. The van der Waals surface area contributed by atoms with Crippen molar-refractivity contribution in [1.82, 2.24) is 34.1 Å². The van der Waals surface area contributed by atoms with E-state index in [1.807, 2.05) is 24.3 Å². The van der Waals surface area contributed by atoms with Crippen molar-refractivity contribution in [3.63, 3.8) is 0 Å². The van der Waals surface area contributed by atoms with Crippen molar-refractivity contribution < 1.29 is 4.42 Å². The summed E-state index contributed by atoms with van der Waals surface area (Å²) in [5.41, 5.74) is 14.5. The number of allylic oxidation sites excluding steroid dienone is 4. The number of benzene rings is 7. The molecule has 8 nitrogen and oxygen atoms in total. The van der Waals surface area contributed by atoms with Crippen LogP contribution in [0.4, 0.5) is 0 Å². The van der Waals surface area contributed by atoms with Gasteiger partial charge in [0.25, 0.3) is 0 Å². The quantitative estimate of drug-likeness (QED) is 0.158. The topological polar surface area (TPSA) is 87.4 Å². The number of fused-ring (bicyclic) bond motifs is 11. The van der Waals surface area contributed by atoms with Crippen LogP contribution in [0.5, 0.6) is 0 Å². The zero-order chi connectivity index (χ0) is 45.4. The molecule has 14 rings (SSSR count). The Kier molecular flexibility index (Phi) is 8.85. The van der Waals surface area contributed by atoms with Crippen LogP contribution < -0.4 is 0 Å². The van der Waals surface area contributed by atoms with Crippen molar-refractivity contribution in [1.29, 1.82) is 0 Å². The lowest BCUT2D eigenvalue weighted by Crippen LogP contribution is -2.16. The van der Waals surface area contributed by atoms with Gasteiger partial charge in [0.1, 0.15) is 11.2 Å². The molecule has 69 heavy (non-hydrogen) atoms. The third-order valence-electron chi connectivity index (χ3n) is 13.7. The molecule has 0 aliphatic heterocycles. The van der Waals surface area contributed by atoms with Gasteiger partial charge in [0, 0.05) is 80.3 Å². The molecule has 6 heterocycles. The molecular weight excluding hydrogens is 847 g/mol. The van der Waals surface area contributed by atoms with Crippen LogP contribution in [-0.2, 0) is 0 Å². The molecule has 324 valence electrons. The number of furan rings is 1. The molecule has 0 N–H and O–H groups in total. The van der Waals surface area contributed by atoms with E-state index in [2.05, 4.69) is 189 Å². The highest BCUT2D eigenvalue weighted by Crippen LogP contribution is 2.51. The lowest BCUT2D eigenvalue weighted by Gasteiger charge is -2.31. The van der Waals surface area contributed by atoms with Crippen LogP contribution in [0.1, 0.15) is 29.3 Å². The molecule has 1 atom stereocenters. The summed E-state index contributed by atoms with van der Waals surface area (Å²) in [6, 6.07) is 66.4. The second kappa shape index (κ2) is 15.7. The van der Waals surface area contributed by atoms with Crippen molar-refractivity contribution in [2.45, 2.75) is 12.3 Å². The monoisotopic (exact) mass is 885 g/mol. The summed E-state index contributed by atoms with van der Waals surface area (Å²) >= 11 is 0. The fourth-order valence-corrected chi connectivity index (χ4v) is 10.7. The summed E-state index contributed by atoms with van der Waals surface area (Å²) in [5.74, 6) is 1.61. The van der Waals surface area contributed by atoms with Gasteiger partial charge in [-0.2, -0.15) is 0 Å². The normalized spacial score (nSPS) is 14.2. The van der Waals surface area contributed by atoms with E-state index in [-0.39, 0.29) is 5.92 Å². The molecule has 8 heteroatoms. The summed E-state index contributed by atoms with van der Waals surface area (Å²) in [6.45, 7) is 0. The van der Waals surface area contributed by atoms with E-state index in [4.69, 9.17) is 19.4 Å². The van der Waals surface area contributed by atoms with Crippen LogP contribution in [0.2, 0.25) is 0 Å². The molecule has 0 fully saturated rings. The molecule has 0 radical (unpaired) electrons. The van der Waals surface area contributed by atoms with Gasteiger partial charge in [0.15, 0.2) is 17.5 Å². The highest BCUT2D eigenvalue weighted by molar-refractivity contribution is 6.29. The number of para-hydroxylation sites is 3. The summed E-state index contributed by atoms with van der Waals surface area (Å²) in [7, 11) is 0. The Morgan fingerprint density at radius 1 is 0.420 bits per heavy atom. The molecule has 1 aliphatic carbocycles. The number of hydrogen-bond acceptors (Lipinski definition) is 6. The molecule has 6 aromatic heterocycles. The van der Waals surface area contributed by atoms with E-state index in [0.29, 0.717) is 23.9 Å². The van der Waals surface area contributed by atoms with E-state index in [1.165, 1.54) is 11.3 Å². The second-order valence-corrected chi connectivity index (χ2v) is 17.6. The highest BCUT2D eigenvalue weighted by Gasteiger charge is 2.33. The van der Waals surface area contributed by atoms with Gasteiger partial charge in [0.05, 0.1) is 32.8 Å². The Bertz CT molecular complexity index is 4140. The van der Waals surface area contributed by atoms with Gasteiger partial charge in [-0.15, -0.1) is 0 Å². The summed E-state index contributed by atoms with van der Waals surface area (Å²) in [6.07, 6.45) is 10.1. The van der Waals surface area contributed by atoms with Gasteiger partial charge < -0.3 is 13.6 Å². The predicted molar refractivity (Wildman–Crippen MR) is 279 cm³/mol. The standard InChI is InChI=1S/C61H39N7O/c1-4-16-38(17-5-1)48-34-42(61-65-59(40-20-14-32-62-36-40)64-60(66-61)41-21-15-33-63-37-41)35-49(39-18-6-2-7-19-39)56(48)68-51-27-13-11-25-47(51)55-53(68)31-29-45-44-28-30-52-54(57(44)69-58(45)55)46-24-10-12-26-50(46)67(52)43-22-8-3-9-23-43/h1-34,36-37,49H,35H2. The molecule has 1 aliphatic rings. The SMILES string of the molecule is C1=C(c2nc(-c3cccnc3)nc(-c3cccnc3)n2)CC(c2ccccc2)C(n2c3ccccc3c3c4oc5c(ccc6c5c5ccccc5n6-c5ccccc5)c4ccc32)=C1c1ccccc1. The van der Waals surface area contributed by atoms with Crippen molar-refractivity contribution in [2.24, 2.45) is 0 Å². The van der Waals surface area contributed by atoms with Crippen molar-refractivity contribution >= 4 is 82.4 Å². The maximum atomic E-state index is 7.35. The van der Waals surface area contributed by atoms with Crippen LogP contribution in [0, 0.1) is 0 Å². The Hall–Kier alpha value is -9.27. The Morgan fingerprint density at radius 3 is 1.52 bits per heavy atom. The third-order valence-corrected chi connectivity index (χ3v) is 13.7. The smallest absolute Gasteiger partial charge is 0.165 e. The lowest BCUT2D eigenvalue weighted by atomic mass is 9.80. The van der Waals surface area contributed by atoms with E-state index >= 15 is 0 Å². The largest absolute Gasteiger partial charge is 0.455 e. The van der Waals surface area contributed by atoms with Crippen LogP contribution in [0.15, 0.2) is 223 Å². The fourth-order valence-electron chi connectivity index (χ4n) is 10.7. The molecule has 7 aromatic carbocycles. The summed E-state index contributed by atoms with van der Waals surface area (Å²) in [5, 5.41) is 6.66. The molecule has 1 unspecified atom stereocenters. The average molecular weight is 886 g/mol. The lowest BCUT2D eigenvalue weighted by molar-refractivity contribution is 0.677. The fraction of sp³-hybridized carbons (Fsp3) is 0.0328. The maximum absolute atomic E-state index is 7.35. The molecule has 0 amide bonds. The van der Waals surface area contributed by atoms with Crippen LogP contribution in [-0.4, -0.2) is 34.1 Å². The summed E-state index contributed by atoms with van der Waals surface area (Å²) < 4.78 is 12.2. The van der Waals surface area contributed by atoms with E-state index in [9.17, 15) is 0 Å². The van der Waals surface area contributed by atoms with E-state index in [1.54, 1.807) is 24.8 Å². The molecule has 0 saturated heterocycles. The number of hydrogen-bond donors (Lipinski definition) is 0. The minimum absolute atomic E-state index is 0.115. The predicted octanol–water partition coefficient (Wildman–Crippen LogP) is 14.7. The second-order valence-electron chi connectivity index (χ2n) is 17.6. The Morgan fingerprint density at radius 2 is 0.928 bits per heavy atom. The van der Waals surface area contributed by atoms with Crippen LogP contribution >= 0.6 is 0 Å². The first kappa shape index (κ1) is 38.9. The van der Waals surface area contributed by atoms with Gasteiger partial charge >= 0.3 is 0 Å². The van der Waals surface area contributed by atoms with Crippen LogP contribution in [0.25, 0.3) is 111 Å². The molecule has 13 aromatic rings. The van der Waals surface area contributed by atoms with Gasteiger partial charge in [0.2, 0.25) is 0 Å². The number of nitrogens with zero attached hydrogens (tertiary/aromatic N) is 7. The third kappa shape index (κ3) is 6.19. The molecule has 0 bridgehead atoms. The van der Waals surface area contributed by atoms with Crippen molar-refractivity contribution in [3.05, 3.63) is 236 Å². The summed E-state index contributed by atoms with van der Waals surface area (Å²) in [4.78, 5) is 24.3. The first-order valence-electron chi connectivity index (χ1n) is 23.2. The van der Waals surface area contributed by atoms with Gasteiger partial charge in [-0.3, -0.25) is 9.97 Å². The zero-order valence-electron chi connectivity index (χ0n) is 37.1. The first-order valence-corrected chi connectivity index (χ1v) is 23.2. The van der Waals surface area contributed by atoms with Crippen molar-refractivity contribution in [2.75, 3.05) is 0 Å². The average Bonchev–Trinajstić information content (AvgIpc) is 4.09. The van der Waals surface area contributed by atoms with E-state index < -0.39 is 0 Å². The van der Waals surface area contributed by atoms with Gasteiger partial charge in [-0.1, -0.05) is 115 Å². The van der Waals surface area contributed by atoms with Gasteiger partial charge in [-0.05, 0) is 102 Å². The van der Waals surface area contributed by atoms with Crippen molar-refractivity contribution in [3.8, 4) is 28.5 Å². The number of pyridine rings is 2. The number of rotatable bonds is 7. The minimum atomic E-state index is -0.115. The Labute approximate surface area is 395 Å². The molecule has 0 saturated carbocycles. The molecular formula is C61H39N7O. The van der Waals surface area contributed by atoms with Crippen LogP contribution in [0.3, 0.4) is 0 Å². The maximum Gasteiger partial charge on any atom is 0.165 e. The highest BCUT2D eigenvalue weighted by atomic mass is 16.3. The molecule has 0 spiro atoms. The minimum Gasteiger partial charge on any atom is -0.455 e. The Balaban J connectivity index is 1.06. The van der Waals surface area contributed by atoms with Gasteiger partial charge in [-0.25, -0.2) is 15.0 Å². The first-order chi connectivity index (χ1) is 34.2.